The van der Waals surface area contributed by atoms with Gasteiger partial charge in [0.15, 0.2) is 0 Å². The zero-order chi connectivity index (χ0) is 16.2. The normalized spacial score (nSPS) is 18.5. The molecular weight excluding hydrogens is 318 g/mol. The number of carbonyl (C=O) groups is 1. The van der Waals surface area contributed by atoms with E-state index in [0.717, 1.165) is 42.7 Å². The van der Waals surface area contributed by atoms with Gasteiger partial charge in [-0.25, -0.2) is 13.6 Å². The van der Waals surface area contributed by atoms with E-state index in [0.29, 0.717) is 6.54 Å². The maximum atomic E-state index is 13.8. The summed E-state index contributed by atoms with van der Waals surface area (Å²) in [7, 11) is 0. The van der Waals surface area contributed by atoms with Gasteiger partial charge < -0.3 is 10.2 Å². The molecule has 122 valence electrons. The van der Waals surface area contributed by atoms with Crippen molar-refractivity contribution in [2.24, 2.45) is 0 Å². The first-order chi connectivity index (χ1) is 11.1. The van der Waals surface area contributed by atoms with Crippen LogP contribution in [0.2, 0.25) is 0 Å². The van der Waals surface area contributed by atoms with Gasteiger partial charge in [0.25, 0.3) is 0 Å². The third-order valence-electron chi connectivity index (χ3n) is 4.06. The number of rotatable bonds is 2. The summed E-state index contributed by atoms with van der Waals surface area (Å²) in [5, 5.41) is 4.57. The van der Waals surface area contributed by atoms with Crippen LogP contribution in [0.25, 0.3) is 0 Å². The van der Waals surface area contributed by atoms with E-state index in [4.69, 9.17) is 0 Å². The second-order valence-electron chi connectivity index (χ2n) is 5.63. The van der Waals surface area contributed by atoms with Crippen LogP contribution >= 0.6 is 11.3 Å². The molecule has 0 bridgehead atoms. The number of hydrogen-bond acceptors (Lipinski definition) is 2. The predicted molar refractivity (Wildman–Crippen MR) is 87.6 cm³/mol. The van der Waals surface area contributed by atoms with Gasteiger partial charge in [-0.1, -0.05) is 18.9 Å². The highest BCUT2D eigenvalue weighted by molar-refractivity contribution is 7.10. The van der Waals surface area contributed by atoms with Crippen LogP contribution in [0.15, 0.2) is 35.7 Å². The number of amides is 2. The zero-order valence-corrected chi connectivity index (χ0v) is 13.4. The number of carbonyl (C=O) groups excluding carboxylic acids is 1. The molecule has 0 spiro atoms. The van der Waals surface area contributed by atoms with Gasteiger partial charge in [0.2, 0.25) is 0 Å². The average Bonchev–Trinajstić information content (AvgIpc) is 2.94. The van der Waals surface area contributed by atoms with E-state index >= 15 is 0 Å². The lowest BCUT2D eigenvalue weighted by Crippen LogP contribution is -2.38. The van der Waals surface area contributed by atoms with E-state index in [-0.39, 0.29) is 17.8 Å². The molecule has 23 heavy (non-hydrogen) atoms. The molecular formula is C17H18F2N2OS. The van der Waals surface area contributed by atoms with Crippen LogP contribution < -0.4 is 5.32 Å². The highest BCUT2D eigenvalue weighted by atomic mass is 32.1. The van der Waals surface area contributed by atoms with Crippen LogP contribution in [0.3, 0.4) is 0 Å². The number of likely N-dealkylation sites (tertiary alicyclic amines) is 1. The van der Waals surface area contributed by atoms with Crippen molar-refractivity contribution in [1.29, 1.82) is 0 Å². The Morgan fingerprint density at radius 3 is 2.83 bits per heavy atom. The second kappa shape index (κ2) is 7.08. The van der Waals surface area contributed by atoms with Crippen molar-refractivity contribution in [1.82, 2.24) is 4.90 Å². The zero-order valence-electron chi connectivity index (χ0n) is 12.6. The lowest BCUT2D eigenvalue weighted by molar-refractivity contribution is 0.190. The lowest BCUT2D eigenvalue weighted by atomic mass is 10.1. The molecule has 0 saturated carbocycles. The molecule has 6 heteroatoms. The Hall–Kier alpha value is -1.95. The van der Waals surface area contributed by atoms with Crippen LogP contribution in [0.1, 0.15) is 36.6 Å². The van der Waals surface area contributed by atoms with Gasteiger partial charge in [-0.15, -0.1) is 11.3 Å². The summed E-state index contributed by atoms with van der Waals surface area (Å²) in [5.74, 6) is -1.42. The van der Waals surface area contributed by atoms with E-state index < -0.39 is 11.6 Å². The molecule has 3 rings (SSSR count). The Balaban J connectivity index is 1.80. The maximum absolute atomic E-state index is 13.8. The lowest BCUT2D eigenvalue weighted by Gasteiger charge is -2.29. The molecule has 2 amide bonds. The summed E-state index contributed by atoms with van der Waals surface area (Å²) in [6, 6.07) is 6.84. The van der Waals surface area contributed by atoms with E-state index in [1.54, 1.807) is 16.2 Å². The molecule has 1 unspecified atom stereocenters. The van der Waals surface area contributed by atoms with E-state index in [9.17, 15) is 13.6 Å². The van der Waals surface area contributed by atoms with Gasteiger partial charge in [0, 0.05) is 17.5 Å². The van der Waals surface area contributed by atoms with Crippen LogP contribution in [-0.4, -0.2) is 17.5 Å². The number of benzene rings is 1. The Labute approximate surface area is 137 Å². The largest absolute Gasteiger partial charge is 0.322 e. The number of urea groups is 1. The molecule has 1 fully saturated rings. The fourth-order valence-electron chi connectivity index (χ4n) is 2.91. The van der Waals surface area contributed by atoms with Gasteiger partial charge in [0.05, 0.1) is 11.7 Å². The smallest absolute Gasteiger partial charge is 0.317 e. The van der Waals surface area contributed by atoms with E-state index in [1.807, 2.05) is 17.5 Å². The van der Waals surface area contributed by atoms with Crippen LogP contribution in [0, 0.1) is 11.6 Å². The number of nitrogens with zero attached hydrogens (tertiary/aromatic N) is 1. The molecule has 1 atom stereocenters. The highest BCUT2D eigenvalue weighted by Gasteiger charge is 2.27. The number of hydrogen-bond donors (Lipinski definition) is 1. The van der Waals surface area contributed by atoms with Crippen LogP contribution in [0.4, 0.5) is 19.3 Å². The fraction of sp³-hybridized carbons (Fsp3) is 0.353. The third kappa shape index (κ3) is 3.69. The number of anilines is 1. The molecule has 3 nitrogen and oxygen atoms in total. The maximum Gasteiger partial charge on any atom is 0.322 e. The monoisotopic (exact) mass is 336 g/mol. The first-order valence-electron chi connectivity index (χ1n) is 7.71. The molecule has 1 saturated heterocycles. The van der Waals surface area contributed by atoms with Crippen LogP contribution in [0.5, 0.6) is 0 Å². The summed E-state index contributed by atoms with van der Waals surface area (Å²) in [6.45, 7) is 0.636. The van der Waals surface area contributed by atoms with Crippen molar-refractivity contribution in [3.05, 3.63) is 52.2 Å². The fourth-order valence-corrected chi connectivity index (χ4v) is 3.78. The van der Waals surface area contributed by atoms with Gasteiger partial charge >= 0.3 is 6.03 Å². The molecule has 1 aromatic heterocycles. The van der Waals surface area contributed by atoms with Crippen molar-refractivity contribution in [3.63, 3.8) is 0 Å². The Kier molecular flexibility index (Phi) is 4.91. The van der Waals surface area contributed by atoms with Gasteiger partial charge in [-0.2, -0.15) is 0 Å². The summed E-state index contributed by atoms with van der Waals surface area (Å²) in [4.78, 5) is 15.5. The molecule has 1 aliphatic heterocycles. The Morgan fingerprint density at radius 2 is 2.09 bits per heavy atom. The van der Waals surface area contributed by atoms with Crippen LogP contribution in [-0.2, 0) is 0 Å². The minimum Gasteiger partial charge on any atom is -0.317 e. The molecule has 1 N–H and O–H groups in total. The first kappa shape index (κ1) is 15.9. The van der Waals surface area contributed by atoms with Crippen molar-refractivity contribution in [2.45, 2.75) is 31.7 Å². The third-order valence-corrected chi connectivity index (χ3v) is 5.03. The van der Waals surface area contributed by atoms with Crippen molar-refractivity contribution >= 4 is 23.1 Å². The standard InChI is InChI=1S/C17H18F2N2OS/c18-12-7-8-14(13(19)11-12)20-17(22)21-9-3-1-2-5-15(21)16-6-4-10-23-16/h4,6-8,10-11,15H,1-3,5,9H2,(H,20,22). The van der Waals surface area contributed by atoms with E-state index in [1.165, 1.54) is 6.07 Å². The topological polar surface area (TPSA) is 32.3 Å². The summed E-state index contributed by atoms with van der Waals surface area (Å²) < 4.78 is 26.7. The molecule has 1 aromatic carbocycles. The summed E-state index contributed by atoms with van der Waals surface area (Å²) >= 11 is 1.63. The minimum atomic E-state index is -0.763. The Morgan fingerprint density at radius 1 is 1.22 bits per heavy atom. The highest BCUT2D eigenvalue weighted by Crippen LogP contribution is 2.33. The second-order valence-corrected chi connectivity index (χ2v) is 6.61. The molecule has 0 aliphatic carbocycles. The minimum absolute atomic E-state index is 0.00516. The Bertz CT molecular complexity index is 675. The van der Waals surface area contributed by atoms with Gasteiger partial charge in [0.1, 0.15) is 11.6 Å². The average molecular weight is 336 g/mol. The molecule has 0 radical (unpaired) electrons. The predicted octanol–water partition coefficient (Wildman–Crippen LogP) is 5.18. The quantitative estimate of drug-likeness (QED) is 0.805. The molecule has 2 aromatic rings. The SMILES string of the molecule is O=C(Nc1ccc(F)cc1F)N1CCCCCC1c1cccs1. The molecule has 1 aliphatic rings. The van der Waals surface area contributed by atoms with Crippen molar-refractivity contribution in [3.8, 4) is 0 Å². The van der Waals surface area contributed by atoms with Crippen molar-refractivity contribution in [2.75, 3.05) is 11.9 Å². The molecule has 2 heterocycles. The number of halogens is 2. The van der Waals surface area contributed by atoms with E-state index in [2.05, 4.69) is 5.32 Å². The number of thiophene rings is 1. The summed E-state index contributed by atoms with van der Waals surface area (Å²) in [5.41, 5.74) is 0.00516. The number of nitrogens with one attached hydrogen (secondary N) is 1. The first-order valence-corrected chi connectivity index (χ1v) is 8.59. The van der Waals surface area contributed by atoms with Crippen molar-refractivity contribution < 1.29 is 13.6 Å². The van der Waals surface area contributed by atoms with Gasteiger partial charge in [-0.05, 0) is 36.4 Å². The van der Waals surface area contributed by atoms with Gasteiger partial charge in [-0.3, -0.25) is 0 Å². The summed E-state index contributed by atoms with van der Waals surface area (Å²) in [6.07, 6.45) is 3.98.